The van der Waals surface area contributed by atoms with E-state index >= 15 is 0 Å². The van der Waals surface area contributed by atoms with Crippen LogP contribution in [-0.2, 0) is 4.74 Å². The summed E-state index contributed by atoms with van der Waals surface area (Å²) in [6.45, 7) is 1.42. The van der Waals surface area contributed by atoms with E-state index in [0.29, 0.717) is 23.5 Å². The van der Waals surface area contributed by atoms with E-state index < -0.39 is 0 Å². The molecule has 0 aliphatic carbocycles. The zero-order valence-electron chi connectivity index (χ0n) is 11.9. The number of nitrogens with two attached hydrogens (primary N) is 1. The lowest BCUT2D eigenvalue weighted by molar-refractivity contribution is 0.0117. The highest BCUT2D eigenvalue weighted by atomic mass is 16.5. The number of ether oxygens (including phenoxy) is 2. The van der Waals surface area contributed by atoms with Crippen molar-refractivity contribution in [2.75, 3.05) is 26.0 Å². The minimum absolute atomic E-state index is 0.198. The fourth-order valence-electron chi connectivity index (χ4n) is 2.43. The molecule has 1 aliphatic rings. The summed E-state index contributed by atoms with van der Waals surface area (Å²) in [6, 6.07) is 5.19. The zero-order valence-corrected chi connectivity index (χ0v) is 11.9. The van der Waals surface area contributed by atoms with Gasteiger partial charge in [-0.1, -0.05) is 6.07 Å². The molecule has 1 fully saturated rings. The molecule has 1 aromatic carbocycles. The number of rotatable bonds is 5. The molecular formula is C15H22N2O3. The van der Waals surface area contributed by atoms with Gasteiger partial charge in [0.05, 0.1) is 13.2 Å². The molecule has 0 saturated carbocycles. The third-order valence-electron chi connectivity index (χ3n) is 3.53. The third-order valence-corrected chi connectivity index (χ3v) is 3.53. The number of hydrogen-bond donors (Lipinski definition) is 2. The average molecular weight is 278 g/mol. The highest BCUT2D eigenvalue weighted by molar-refractivity contribution is 6.01. The van der Waals surface area contributed by atoms with Gasteiger partial charge >= 0.3 is 0 Å². The molecule has 1 saturated heterocycles. The van der Waals surface area contributed by atoms with Gasteiger partial charge in [-0.05, 0) is 37.8 Å². The van der Waals surface area contributed by atoms with Gasteiger partial charge in [-0.15, -0.1) is 0 Å². The topological polar surface area (TPSA) is 73.6 Å². The van der Waals surface area contributed by atoms with Gasteiger partial charge in [0.25, 0.3) is 5.91 Å². The number of amides is 1. The molecule has 0 aromatic heterocycles. The van der Waals surface area contributed by atoms with E-state index in [0.717, 1.165) is 25.9 Å². The predicted octanol–water partition coefficient (Wildman–Crippen LogP) is 1.97. The first-order valence-electron chi connectivity index (χ1n) is 7.04. The van der Waals surface area contributed by atoms with Crippen LogP contribution in [-0.4, -0.2) is 32.3 Å². The Bertz CT molecular complexity index is 456. The summed E-state index contributed by atoms with van der Waals surface area (Å²) in [4.78, 5) is 12.2. The van der Waals surface area contributed by atoms with Crippen LogP contribution < -0.4 is 15.8 Å². The molecule has 1 unspecified atom stereocenters. The van der Waals surface area contributed by atoms with Gasteiger partial charge < -0.3 is 20.5 Å². The predicted molar refractivity (Wildman–Crippen MR) is 77.9 cm³/mol. The Balaban J connectivity index is 1.88. The van der Waals surface area contributed by atoms with Gasteiger partial charge in [0, 0.05) is 18.8 Å². The molecule has 1 amide bonds. The Morgan fingerprint density at radius 3 is 3.05 bits per heavy atom. The van der Waals surface area contributed by atoms with E-state index in [1.165, 1.54) is 13.5 Å². The van der Waals surface area contributed by atoms with E-state index in [1.54, 1.807) is 18.2 Å². The molecular weight excluding hydrogens is 256 g/mol. The van der Waals surface area contributed by atoms with Crippen LogP contribution in [0.1, 0.15) is 36.0 Å². The van der Waals surface area contributed by atoms with E-state index in [-0.39, 0.29) is 12.0 Å². The first-order chi connectivity index (χ1) is 9.72. The van der Waals surface area contributed by atoms with Crippen LogP contribution in [0.25, 0.3) is 0 Å². The molecule has 0 radical (unpaired) electrons. The van der Waals surface area contributed by atoms with Gasteiger partial charge in [-0.2, -0.15) is 0 Å². The molecule has 3 N–H and O–H groups in total. The molecule has 20 heavy (non-hydrogen) atoms. The maximum absolute atomic E-state index is 12.2. The summed E-state index contributed by atoms with van der Waals surface area (Å²) in [5.74, 6) is 0.298. The van der Waals surface area contributed by atoms with E-state index in [2.05, 4.69) is 5.32 Å². The van der Waals surface area contributed by atoms with Gasteiger partial charge in [-0.25, -0.2) is 0 Å². The maximum Gasteiger partial charge on any atom is 0.257 e. The van der Waals surface area contributed by atoms with Crippen molar-refractivity contribution in [3.8, 4) is 5.75 Å². The first kappa shape index (κ1) is 14.7. The Labute approximate surface area is 119 Å². The average Bonchev–Trinajstić information content (AvgIpc) is 2.47. The number of hydrogen-bond acceptors (Lipinski definition) is 4. The second kappa shape index (κ2) is 7.14. The Morgan fingerprint density at radius 1 is 1.50 bits per heavy atom. The summed E-state index contributed by atoms with van der Waals surface area (Å²) in [6.07, 6.45) is 4.52. The van der Waals surface area contributed by atoms with Crippen molar-refractivity contribution >= 4 is 11.6 Å². The number of anilines is 1. The van der Waals surface area contributed by atoms with Crippen molar-refractivity contribution in [2.45, 2.75) is 31.8 Å². The van der Waals surface area contributed by atoms with Crippen molar-refractivity contribution in [1.82, 2.24) is 5.32 Å². The molecule has 1 atom stereocenters. The fourth-order valence-corrected chi connectivity index (χ4v) is 2.43. The van der Waals surface area contributed by atoms with Crippen molar-refractivity contribution < 1.29 is 14.3 Å². The Hall–Kier alpha value is -1.75. The summed E-state index contributed by atoms with van der Waals surface area (Å²) in [5.41, 5.74) is 6.68. The quantitative estimate of drug-likeness (QED) is 0.808. The lowest BCUT2D eigenvalue weighted by Crippen LogP contribution is -2.30. The molecule has 1 aliphatic heterocycles. The Morgan fingerprint density at radius 2 is 2.35 bits per heavy atom. The van der Waals surface area contributed by atoms with E-state index in [9.17, 15) is 4.79 Å². The number of carbonyl (C=O) groups is 1. The summed E-state index contributed by atoms with van der Waals surface area (Å²) >= 11 is 0. The molecule has 1 heterocycles. The summed E-state index contributed by atoms with van der Waals surface area (Å²) in [5, 5.41) is 2.88. The second-order valence-electron chi connectivity index (χ2n) is 4.96. The fraction of sp³-hybridized carbons (Fsp3) is 0.533. The SMILES string of the molecule is COc1cccc(N)c1C(=O)NCCC1CCCCO1. The van der Waals surface area contributed by atoms with Crippen molar-refractivity contribution in [3.05, 3.63) is 23.8 Å². The highest BCUT2D eigenvalue weighted by Crippen LogP contribution is 2.23. The van der Waals surface area contributed by atoms with Crippen LogP contribution in [0.4, 0.5) is 5.69 Å². The third kappa shape index (κ3) is 3.63. The molecule has 5 nitrogen and oxygen atoms in total. The van der Waals surface area contributed by atoms with Crippen molar-refractivity contribution in [1.29, 1.82) is 0 Å². The second-order valence-corrected chi connectivity index (χ2v) is 4.96. The van der Waals surface area contributed by atoms with Crippen LogP contribution in [0.2, 0.25) is 0 Å². The van der Waals surface area contributed by atoms with E-state index in [4.69, 9.17) is 15.2 Å². The molecule has 1 aromatic rings. The zero-order chi connectivity index (χ0) is 14.4. The normalized spacial score (nSPS) is 18.6. The van der Waals surface area contributed by atoms with Crippen molar-refractivity contribution in [3.63, 3.8) is 0 Å². The maximum atomic E-state index is 12.2. The molecule has 2 rings (SSSR count). The number of nitrogens with one attached hydrogen (secondary N) is 1. The highest BCUT2D eigenvalue weighted by Gasteiger charge is 2.17. The van der Waals surface area contributed by atoms with Crippen LogP contribution >= 0.6 is 0 Å². The van der Waals surface area contributed by atoms with Gasteiger partial charge in [0.15, 0.2) is 0 Å². The van der Waals surface area contributed by atoms with Crippen LogP contribution in [0.3, 0.4) is 0 Å². The molecule has 5 heteroatoms. The Kier molecular flexibility index (Phi) is 5.24. The largest absolute Gasteiger partial charge is 0.496 e. The molecule has 0 spiro atoms. The standard InChI is InChI=1S/C15H22N2O3/c1-19-13-7-4-6-12(16)14(13)15(18)17-9-8-11-5-2-3-10-20-11/h4,6-7,11H,2-3,5,8-10,16H2,1H3,(H,17,18). The van der Waals surface area contributed by atoms with Crippen LogP contribution in [0.5, 0.6) is 5.75 Å². The minimum Gasteiger partial charge on any atom is -0.496 e. The van der Waals surface area contributed by atoms with Gasteiger partial charge in [0.2, 0.25) is 0 Å². The van der Waals surface area contributed by atoms with Gasteiger partial charge in [-0.3, -0.25) is 4.79 Å². The smallest absolute Gasteiger partial charge is 0.257 e. The number of methoxy groups -OCH3 is 1. The summed E-state index contributed by atoms with van der Waals surface area (Å²) in [7, 11) is 1.53. The lowest BCUT2D eigenvalue weighted by atomic mass is 10.1. The number of nitrogen functional groups attached to an aromatic ring is 1. The van der Waals surface area contributed by atoms with Crippen LogP contribution in [0.15, 0.2) is 18.2 Å². The monoisotopic (exact) mass is 278 g/mol. The van der Waals surface area contributed by atoms with E-state index in [1.807, 2.05) is 0 Å². The number of carbonyl (C=O) groups excluding carboxylic acids is 1. The number of benzene rings is 1. The van der Waals surface area contributed by atoms with Crippen molar-refractivity contribution in [2.24, 2.45) is 0 Å². The molecule has 0 bridgehead atoms. The van der Waals surface area contributed by atoms with Gasteiger partial charge in [0.1, 0.15) is 11.3 Å². The summed E-state index contributed by atoms with van der Waals surface area (Å²) < 4.78 is 10.8. The molecule has 110 valence electrons. The minimum atomic E-state index is -0.198. The first-order valence-corrected chi connectivity index (χ1v) is 7.04. The van der Waals surface area contributed by atoms with Crippen LogP contribution in [0, 0.1) is 0 Å². The lowest BCUT2D eigenvalue weighted by Gasteiger charge is -2.22.